The van der Waals surface area contributed by atoms with Crippen molar-refractivity contribution in [2.45, 2.75) is 49.5 Å². The second-order valence-electron chi connectivity index (χ2n) is 12.6. The van der Waals surface area contributed by atoms with E-state index in [9.17, 15) is 19.1 Å². The van der Waals surface area contributed by atoms with Crippen LogP contribution in [0, 0.1) is 23.0 Å². The molecule has 4 aliphatic heterocycles. The summed E-state index contributed by atoms with van der Waals surface area (Å²) in [7, 11) is 0. The van der Waals surface area contributed by atoms with E-state index in [0.717, 1.165) is 36.8 Å². The molecule has 4 aromatic rings. The van der Waals surface area contributed by atoms with E-state index in [0.29, 0.717) is 32.6 Å². The number of thiophene rings is 1. The van der Waals surface area contributed by atoms with Crippen molar-refractivity contribution in [1.82, 2.24) is 14.9 Å². The van der Waals surface area contributed by atoms with Crippen molar-refractivity contribution in [3.8, 4) is 29.0 Å². The van der Waals surface area contributed by atoms with Crippen LogP contribution in [-0.2, 0) is 4.74 Å². The van der Waals surface area contributed by atoms with Gasteiger partial charge >= 0.3 is 6.01 Å². The Morgan fingerprint density at radius 1 is 1.23 bits per heavy atom. The zero-order valence-electron chi connectivity index (χ0n) is 25.1. The second kappa shape index (κ2) is 11.5. The quantitative estimate of drug-likeness (QED) is 0.289. The lowest BCUT2D eigenvalue weighted by molar-refractivity contribution is 0.105. The number of aromatic nitrogens is 2. The van der Waals surface area contributed by atoms with Crippen molar-refractivity contribution in [2.75, 3.05) is 56.7 Å². The molecular formula is C32H30ClF3N6O4S. The fourth-order valence-corrected chi connectivity index (χ4v) is 8.95. The van der Waals surface area contributed by atoms with Gasteiger partial charge in [-0.3, -0.25) is 4.90 Å². The minimum absolute atomic E-state index is 0.00279. The molecule has 0 bridgehead atoms. The number of benzene rings is 2. The molecule has 2 unspecified atom stereocenters. The van der Waals surface area contributed by atoms with E-state index < -0.39 is 29.4 Å². The van der Waals surface area contributed by atoms with Crippen molar-refractivity contribution < 1.29 is 32.5 Å². The smallest absolute Gasteiger partial charge is 0.319 e. The lowest BCUT2D eigenvalue weighted by Crippen LogP contribution is -2.45. The van der Waals surface area contributed by atoms with Crippen LogP contribution >= 0.6 is 22.9 Å². The average molecular weight is 687 g/mol. The highest BCUT2D eigenvalue weighted by Gasteiger charge is 2.49. The highest BCUT2D eigenvalue weighted by molar-refractivity contribution is 7.23. The molecule has 15 heteroatoms. The fourth-order valence-electron chi connectivity index (χ4n) is 7.67. The molecule has 0 spiro atoms. The Morgan fingerprint density at radius 3 is 2.87 bits per heavy atom. The number of halogens is 4. The number of rotatable bonds is 5. The van der Waals surface area contributed by atoms with Crippen LogP contribution in [-0.4, -0.2) is 89.9 Å². The van der Waals surface area contributed by atoms with Crippen LogP contribution in [0.3, 0.4) is 0 Å². The van der Waals surface area contributed by atoms with Gasteiger partial charge < -0.3 is 30.0 Å². The van der Waals surface area contributed by atoms with E-state index in [1.165, 1.54) is 6.07 Å². The van der Waals surface area contributed by atoms with Crippen molar-refractivity contribution in [2.24, 2.45) is 0 Å². The zero-order valence-corrected chi connectivity index (χ0v) is 26.6. The van der Waals surface area contributed by atoms with Crippen LogP contribution < -0.4 is 20.1 Å². The van der Waals surface area contributed by atoms with E-state index in [1.807, 2.05) is 11.0 Å². The van der Waals surface area contributed by atoms with Gasteiger partial charge in [-0.15, -0.1) is 11.3 Å². The van der Waals surface area contributed by atoms with Gasteiger partial charge in [0.05, 0.1) is 38.9 Å². The first kappa shape index (κ1) is 30.7. The number of fused-ring (bicyclic) bond motifs is 2. The molecule has 3 N–H and O–H groups in total. The number of anilines is 2. The van der Waals surface area contributed by atoms with E-state index in [-0.39, 0.29) is 91.1 Å². The van der Waals surface area contributed by atoms with Gasteiger partial charge in [-0.1, -0.05) is 17.7 Å². The standard InChI is InChI=1S/C32H30ClF3N6O4S/c33-24-22(18-2-3-20(35)28-21(18)19(9-37)29(38)47-28)25(36)26-23-27(24)45-13-17(43)11-42(16-4-7-44-12-16)30(23)40-31(39-26)46-14-32-5-1-6-41(32)10-15(34)8-32/h2-3,15-17,43H,1,4-8,10-14,38H2/t15-,16?,17?,32+/m1/s1. The Kier molecular flexibility index (Phi) is 7.53. The summed E-state index contributed by atoms with van der Waals surface area (Å²) in [6, 6.07) is 4.19. The first-order chi connectivity index (χ1) is 22.7. The van der Waals surface area contributed by atoms with Crippen LogP contribution in [0.2, 0.25) is 5.02 Å². The highest BCUT2D eigenvalue weighted by Crippen LogP contribution is 2.51. The molecule has 10 nitrogen and oxygen atoms in total. The minimum Gasteiger partial charge on any atom is -0.488 e. The van der Waals surface area contributed by atoms with Crippen LogP contribution in [0.1, 0.15) is 31.2 Å². The molecule has 246 valence electrons. The number of ether oxygens (including phenoxy) is 3. The number of alkyl halides is 1. The molecule has 8 rings (SSSR count). The monoisotopic (exact) mass is 686 g/mol. The maximum absolute atomic E-state index is 17.2. The number of aliphatic hydroxyl groups is 1. The van der Waals surface area contributed by atoms with Gasteiger partial charge in [-0.2, -0.15) is 15.2 Å². The summed E-state index contributed by atoms with van der Waals surface area (Å²) in [5.41, 5.74) is 5.35. The Balaban J connectivity index is 1.37. The van der Waals surface area contributed by atoms with E-state index in [1.54, 1.807) is 0 Å². The van der Waals surface area contributed by atoms with Crippen molar-refractivity contribution in [3.63, 3.8) is 0 Å². The Labute approximate surface area is 276 Å². The van der Waals surface area contributed by atoms with Gasteiger partial charge in [-0.25, -0.2) is 13.2 Å². The lowest BCUT2D eigenvalue weighted by Gasteiger charge is -2.35. The molecule has 3 saturated heterocycles. The number of nitrogen functional groups attached to an aromatic ring is 1. The molecule has 0 radical (unpaired) electrons. The van der Waals surface area contributed by atoms with Crippen molar-refractivity contribution >= 4 is 54.7 Å². The number of aliphatic hydroxyl groups excluding tert-OH is 1. The van der Waals surface area contributed by atoms with Gasteiger partial charge in [-0.05, 0) is 37.4 Å². The Hall–Kier alpha value is -3.61. The zero-order chi connectivity index (χ0) is 32.6. The molecule has 47 heavy (non-hydrogen) atoms. The summed E-state index contributed by atoms with van der Waals surface area (Å²) in [4.78, 5) is 13.3. The number of nitriles is 1. The number of nitrogens with zero attached hydrogens (tertiary/aromatic N) is 5. The summed E-state index contributed by atoms with van der Waals surface area (Å²) in [6.07, 6.45) is 0.676. The van der Waals surface area contributed by atoms with Crippen molar-refractivity contribution in [1.29, 1.82) is 5.26 Å². The number of β-amino-alcohol motifs (C(OH)–C–C–N with tert-alkyl or cyclic N) is 1. The average Bonchev–Trinajstić information content (AvgIpc) is 3.83. The third kappa shape index (κ3) is 4.85. The molecule has 2 aromatic heterocycles. The predicted octanol–water partition coefficient (Wildman–Crippen LogP) is 5.20. The minimum atomic E-state index is -0.979. The van der Waals surface area contributed by atoms with Gasteiger partial charge in [0.1, 0.15) is 53.7 Å². The molecular weight excluding hydrogens is 657 g/mol. The predicted molar refractivity (Wildman–Crippen MR) is 171 cm³/mol. The highest BCUT2D eigenvalue weighted by atomic mass is 35.5. The second-order valence-corrected chi connectivity index (χ2v) is 14.1. The molecule has 4 aliphatic rings. The van der Waals surface area contributed by atoms with Crippen LogP contribution in [0.25, 0.3) is 32.1 Å². The van der Waals surface area contributed by atoms with E-state index >= 15 is 4.39 Å². The van der Waals surface area contributed by atoms with Gasteiger partial charge in [0.25, 0.3) is 0 Å². The van der Waals surface area contributed by atoms with Crippen molar-refractivity contribution in [3.05, 3.63) is 34.4 Å². The summed E-state index contributed by atoms with van der Waals surface area (Å²) in [5.74, 6) is -1.20. The van der Waals surface area contributed by atoms with E-state index in [2.05, 4.69) is 9.88 Å². The topological polar surface area (TPSA) is 130 Å². The van der Waals surface area contributed by atoms with Gasteiger partial charge in [0.2, 0.25) is 0 Å². The third-order valence-electron chi connectivity index (χ3n) is 9.82. The Morgan fingerprint density at radius 2 is 2.09 bits per heavy atom. The lowest BCUT2D eigenvalue weighted by atomic mass is 9.95. The normalized spacial score (nSPS) is 26.0. The van der Waals surface area contributed by atoms with Crippen LogP contribution in [0.15, 0.2) is 12.1 Å². The summed E-state index contributed by atoms with van der Waals surface area (Å²) < 4.78 is 64.7. The summed E-state index contributed by atoms with van der Waals surface area (Å²) in [6.45, 7) is 2.01. The van der Waals surface area contributed by atoms with Crippen LogP contribution in [0.5, 0.6) is 11.8 Å². The number of hydrogen-bond acceptors (Lipinski definition) is 11. The fraction of sp³-hybridized carbons (Fsp3) is 0.469. The summed E-state index contributed by atoms with van der Waals surface area (Å²) >= 11 is 7.88. The number of nitrogens with two attached hydrogens (primary N) is 1. The molecule has 3 fully saturated rings. The molecule has 4 atom stereocenters. The SMILES string of the molecule is N#Cc1c(N)sc2c(F)ccc(-c3c(Cl)c4c5c(nc(OC[C@@]67CCCN6C[C@H](F)C7)nc5c3F)N(C3CCOC3)CC(O)CO4)c12. The van der Waals surface area contributed by atoms with Crippen LogP contribution in [0.4, 0.5) is 24.0 Å². The number of hydrogen-bond donors (Lipinski definition) is 2. The molecule has 0 saturated carbocycles. The molecule has 2 aromatic carbocycles. The van der Waals surface area contributed by atoms with E-state index in [4.69, 9.17) is 36.5 Å². The largest absolute Gasteiger partial charge is 0.488 e. The first-order valence-corrected chi connectivity index (χ1v) is 16.7. The molecule has 0 amide bonds. The summed E-state index contributed by atoms with van der Waals surface area (Å²) in [5, 5.41) is 21.1. The Bertz CT molecular complexity index is 1970. The third-order valence-corrected chi connectivity index (χ3v) is 11.2. The molecule has 6 heterocycles. The maximum Gasteiger partial charge on any atom is 0.319 e. The molecule has 0 aliphatic carbocycles. The van der Waals surface area contributed by atoms with Gasteiger partial charge in [0, 0.05) is 37.1 Å². The van der Waals surface area contributed by atoms with Gasteiger partial charge in [0.15, 0.2) is 11.6 Å². The maximum atomic E-state index is 17.2. The first-order valence-electron chi connectivity index (χ1n) is 15.5.